The van der Waals surface area contributed by atoms with Gasteiger partial charge in [0.05, 0.1) is 32.0 Å². The molecule has 0 aliphatic carbocycles. The summed E-state index contributed by atoms with van der Waals surface area (Å²) < 4.78 is 11.3. The molecular formula is C43H89N3O4. The molecule has 0 aromatic rings. The molecule has 7 heteroatoms. The highest BCUT2D eigenvalue weighted by Crippen LogP contribution is 2.15. The van der Waals surface area contributed by atoms with E-state index in [1.807, 2.05) is 0 Å². The van der Waals surface area contributed by atoms with Gasteiger partial charge in [0.2, 0.25) is 0 Å². The number of hydrogen-bond acceptors (Lipinski definition) is 5. The van der Waals surface area contributed by atoms with Crippen molar-refractivity contribution in [2.24, 2.45) is 10.7 Å². The van der Waals surface area contributed by atoms with Gasteiger partial charge in [0.1, 0.15) is 0 Å². The van der Waals surface area contributed by atoms with Crippen LogP contribution < -0.4 is 11.1 Å². The third kappa shape index (κ3) is 41.5. The van der Waals surface area contributed by atoms with Crippen molar-refractivity contribution in [1.82, 2.24) is 5.32 Å². The molecule has 7 nitrogen and oxygen atoms in total. The predicted molar refractivity (Wildman–Crippen MR) is 217 cm³/mol. The van der Waals surface area contributed by atoms with E-state index in [0.717, 1.165) is 12.8 Å². The van der Waals surface area contributed by atoms with Crippen molar-refractivity contribution in [1.29, 1.82) is 0 Å². The van der Waals surface area contributed by atoms with Gasteiger partial charge in [-0.3, -0.25) is 4.99 Å². The minimum Gasteiger partial charge on any atom is -0.389 e. The number of guanidine groups is 1. The fourth-order valence-corrected chi connectivity index (χ4v) is 6.54. The van der Waals surface area contributed by atoms with Gasteiger partial charge in [-0.2, -0.15) is 0 Å². The van der Waals surface area contributed by atoms with Gasteiger partial charge in [-0.15, -0.1) is 0 Å². The van der Waals surface area contributed by atoms with E-state index < -0.39 is 12.2 Å². The molecule has 0 bridgehead atoms. The fourth-order valence-electron chi connectivity index (χ4n) is 6.54. The number of nitrogens with zero attached hydrogens (tertiary/aromatic N) is 1. The smallest absolute Gasteiger partial charge is 0.188 e. The molecule has 300 valence electrons. The molecule has 5 N–H and O–H groups in total. The Labute approximate surface area is 312 Å². The number of nitrogens with two attached hydrogens (primary N) is 1. The number of rotatable bonds is 42. The van der Waals surface area contributed by atoms with Crippen LogP contribution in [0.1, 0.15) is 219 Å². The quantitative estimate of drug-likeness (QED) is 0.0285. The summed E-state index contributed by atoms with van der Waals surface area (Å²) in [4.78, 5) is 4.18. The Morgan fingerprint density at radius 3 is 1.06 bits per heavy atom. The molecule has 0 spiro atoms. The van der Waals surface area contributed by atoms with Crippen molar-refractivity contribution in [2.45, 2.75) is 232 Å². The van der Waals surface area contributed by atoms with Gasteiger partial charge in [0, 0.05) is 19.8 Å². The van der Waals surface area contributed by atoms with E-state index in [4.69, 9.17) is 15.2 Å². The molecule has 0 radical (unpaired) electrons. The summed E-state index contributed by atoms with van der Waals surface area (Å²) in [5.41, 5.74) is 5.90. The number of aliphatic hydroxyl groups excluding tert-OH is 2. The van der Waals surface area contributed by atoms with Crippen molar-refractivity contribution in [3.8, 4) is 0 Å². The molecule has 0 rings (SSSR count). The van der Waals surface area contributed by atoms with Crippen LogP contribution >= 0.6 is 0 Å². The first-order valence-corrected chi connectivity index (χ1v) is 22.2. The van der Waals surface area contributed by atoms with Gasteiger partial charge in [0.15, 0.2) is 5.96 Å². The average Bonchev–Trinajstić information content (AvgIpc) is 3.12. The van der Waals surface area contributed by atoms with E-state index in [9.17, 15) is 10.2 Å². The van der Waals surface area contributed by atoms with E-state index in [-0.39, 0.29) is 32.3 Å². The molecule has 0 aromatic carbocycles. The second kappa shape index (κ2) is 42.5. The molecule has 0 aliphatic rings. The maximum Gasteiger partial charge on any atom is 0.188 e. The topological polar surface area (TPSA) is 109 Å². The molecule has 50 heavy (non-hydrogen) atoms. The van der Waals surface area contributed by atoms with Crippen molar-refractivity contribution < 1.29 is 19.7 Å². The SMILES string of the molecule is CCCCCCCCCCCCCCCCCCOCC(O)CN=C(N)NCC(O)COCCCCCCCCCCCCCCCCCC. The van der Waals surface area contributed by atoms with Crippen LogP contribution in [0.5, 0.6) is 0 Å². The van der Waals surface area contributed by atoms with E-state index in [0.29, 0.717) is 13.2 Å². The molecule has 0 aliphatic heterocycles. The van der Waals surface area contributed by atoms with E-state index in [1.54, 1.807) is 0 Å². The second-order valence-electron chi connectivity index (χ2n) is 15.2. The summed E-state index contributed by atoms with van der Waals surface area (Å²) in [7, 11) is 0. The van der Waals surface area contributed by atoms with Crippen LogP contribution in [0.25, 0.3) is 0 Å². The standard InChI is InChI=1S/C43H89N3O4/c1-3-5-7-9-11-13-15-17-19-21-23-25-27-29-31-33-35-49-39-41(47)37-45-43(44)46-38-42(48)40-50-36-34-32-30-28-26-24-22-20-18-16-14-12-10-8-6-4-2/h41-42,47-48H,3-40H2,1-2H3,(H3,44,45,46). The van der Waals surface area contributed by atoms with Crippen LogP contribution in [0.4, 0.5) is 0 Å². The van der Waals surface area contributed by atoms with Gasteiger partial charge in [0.25, 0.3) is 0 Å². The highest BCUT2D eigenvalue weighted by Gasteiger charge is 2.07. The van der Waals surface area contributed by atoms with Crippen molar-refractivity contribution >= 4 is 5.96 Å². The Kier molecular flexibility index (Phi) is 41.8. The maximum atomic E-state index is 10.2. The Morgan fingerprint density at radius 2 is 0.740 bits per heavy atom. The third-order valence-corrected chi connectivity index (χ3v) is 9.90. The summed E-state index contributed by atoms with van der Waals surface area (Å²) >= 11 is 0. The molecule has 0 saturated carbocycles. The van der Waals surface area contributed by atoms with Crippen molar-refractivity contribution in [2.75, 3.05) is 39.5 Å². The minimum atomic E-state index is -0.676. The molecule has 0 fully saturated rings. The largest absolute Gasteiger partial charge is 0.389 e. The van der Waals surface area contributed by atoms with E-state index >= 15 is 0 Å². The van der Waals surface area contributed by atoms with Gasteiger partial charge in [-0.1, -0.05) is 206 Å². The number of aliphatic imine (C=N–C) groups is 1. The summed E-state index contributed by atoms with van der Waals surface area (Å²) in [5.74, 6) is 0.221. The molecule has 0 saturated heterocycles. The first-order chi connectivity index (χ1) is 24.6. The normalized spacial score (nSPS) is 13.2. The first kappa shape index (κ1) is 49.1. The van der Waals surface area contributed by atoms with Crippen LogP contribution in [-0.4, -0.2) is 67.9 Å². The lowest BCUT2D eigenvalue weighted by atomic mass is 10.0. The number of nitrogens with one attached hydrogen (secondary N) is 1. The van der Waals surface area contributed by atoms with Crippen LogP contribution in [0.3, 0.4) is 0 Å². The Morgan fingerprint density at radius 1 is 0.460 bits per heavy atom. The predicted octanol–water partition coefficient (Wildman–Crippen LogP) is 11.2. The number of aliphatic hydroxyl groups is 2. The molecule has 2 unspecified atom stereocenters. The fraction of sp³-hybridized carbons (Fsp3) is 0.977. The monoisotopic (exact) mass is 712 g/mol. The molecule has 2 atom stereocenters. The third-order valence-electron chi connectivity index (χ3n) is 9.90. The number of ether oxygens (including phenoxy) is 2. The van der Waals surface area contributed by atoms with Gasteiger partial charge in [-0.05, 0) is 12.8 Å². The first-order valence-electron chi connectivity index (χ1n) is 22.2. The van der Waals surface area contributed by atoms with E-state index in [1.165, 1.54) is 193 Å². The lowest BCUT2D eigenvalue weighted by Gasteiger charge is -2.13. The van der Waals surface area contributed by atoms with Crippen molar-refractivity contribution in [3.63, 3.8) is 0 Å². The minimum absolute atomic E-state index is 0.184. The summed E-state index contributed by atoms with van der Waals surface area (Å²) in [5, 5.41) is 23.2. The van der Waals surface area contributed by atoms with Crippen LogP contribution in [-0.2, 0) is 9.47 Å². The average molecular weight is 712 g/mol. The van der Waals surface area contributed by atoms with Crippen molar-refractivity contribution in [3.05, 3.63) is 0 Å². The van der Waals surface area contributed by atoms with Crippen LogP contribution in [0.15, 0.2) is 4.99 Å². The van der Waals surface area contributed by atoms with E-state index in [2.05, 4.69) is 24.2 Å². The summed E-state index contributed by atoms with van der Waals surface area (Å²) in [6.45, 7) is 6.95. The lowest BCUT2D eigenvalue weighted by Crippen LogP contribution is -2.39. The molecule has 0 amide bonds. The number of unbranched alkanes of at least 4 members (excludes halogenated alkanes) is 30. The zero-order valence-electron chi connectivity index (χ0n) is 33.8. The number of hydrogen-bond donors (Lipinski definition) is 4. The Balaban J connectivity index is 3.40. The lowest BCUT2D eigenvalue weighted by molar-refractivity contribution is 0.0372. The zero-order chi connectivity index (χ0) is 36.4. The molecule has 0 heterocycles. The van der Waals surface area contributed by atoms with Gasteiger partial charge in [-0.25, -0.2) is 0 Å². The van der Waals surface area contributed by atoms with Crippen LogP contribution in [0.2, 0.25) is 0 Å². The molecular weight excluding hydrogens is 622 g/mol. The maximum absolute atomic E-state index is 10.2. The molecule has 0 aromatic heterocycles. The summed E-state index contributed by atoms with van der Waals surface area (Å²) in [6.07, 6.45) is 42.1. The zero-order valence-corrected chi connectivity index (χ0v) is 33.8. The highest BCUT2D eigenvalue weighted by atomic mass is 16.5. The Hall–Kier alpha value is -0.890. The van der Waals surface area contributed by atoms with Gasteiger partial charge < -0.3 is 30.7 Å². The summed E-state index contributed by atoms with van der Waals surface area (Å²) in [6, 6.07) is 0. The van der Waals surface area contributed by atoms with Gasteiger partial charge >= 0.3 is 0 Å². The highest BCUT2D eigenvalue weighted by molar-refractivity contribution is 5.77. The second-order valence-corrected chi connectivity index (χ2v) is 15.2. The van der Waals surface area contributed by atoms with Crippen LogP contribution in [0, 0.1) is 0 Å². The Bertz CT molecular complexity index is 666.